The van der Waals surface area contributed by atoms with Gasteiger partial charge in [0.05, 0.1) is 6.61 Å². The third-order valence-electron chi connectivity index (χ3n) is 2.48. The number of carbonyl (C=O) groups is 1. The van der Waals surface area contributed by atoms with Crippen molar-refractivity contribution in [3.63, 3.8) is 0 Å². The monoisotopic (exact) mass is 261 g/mol. The van der Waals surface area contributed by atoms with Crippen molar-refractivity contribution in [1.82, 2.24) is 5.32 Å². The molecule has 2 atom stereocenters. The summed E-state index contributed by atoms with van der Waals surface area (Å²) in [5, 5.41) is 3.79. The summed E-state index contributed by atoms with van der Waals surface area (Å²) >= 11 is 1.87. The number of rotatable bonds is 8. The molecule has 0 spiro atoms. The Morgan fingerprint density at radius 2 is 1.94 bits per heavy atom. The van der Waals surface area contributed by atoms with Crippen LogP contribution in [0, 0.1) is 0 Å². The number of carbonyl (C=O) groups excluding carboxylic acids is 1. The first kappa shape index (κ1) is 16.8. The van der Waals surface area contributed by atoms with Crippen molar-refractivity contribution in [3.05, 3.63) is 0 Å². The van der Waals surface area contributed by atoms with E-state index < -0.39 is 5.54 Å². The zero-order chi connectivity index (χ0) is 13.5. The summed E-state index contributed by atoms with van der Waals surface area (Å²) in [5.41, 5.74) is -0.578. The van der Waals surface area contributed by atoms with Gasteiger partial charge >= 0.3 is 5.97 Å². The number of hydrogen-bond donors (Lipinski definition) is 1. The minimum absolute atomic E-state index is 0.141. The van der Waals surface area contributed by atoms with Crippen molar-refractivity contribution in [2.24, 2.45) is 0 Å². The molecule has 102 valence electrons. The summed E-state index contributed by atoms with van der Waals surface area (Å²) in [7, 11) is 0. The highest BCUT2D eigenvalue weighted by molar-refractivity contribution is 7.99. The maximum atomic E-state index is 12.0. The molecule has 0 saturated carbocycles. The predicted molar refractivity (Wildman–Crippen MR) is 75.5 cm³/mol. The Morgan fingerprint density at radius 3 is 2.35 bits per heavy atom. The van der Waals surface area contributed by atoms with Crippen LogP contribution in [0.2, 0.25) is 0 Å². The van der Waals surface area contributed by atoms with Gasteiger partial charge in [-0.15, -0.1) is 0 Å². The molecular formula is C13H27NO2S. The van der Waals surface area contributed by atoms with Gasteiger partial charge in [-0.05, 0) is 39.9 Å². The van der Waals surface area contributed by atoms with Crippen molar-refractivity contribution >= 4 is 17.7 Å². The Labute approximate surface area is 110 Å². The van der Waals surface area contributed by atoms with E-state index in [1.54, 1.807) is 0 Å². The van der Waals surface area contributed by atoms with Crippen LogP contribution in [-0.4, -0.2) is 35.2 Å². The molecule has 0 heterocycles. The van der Waals surface area contributed by atoms with Crippen LogP contribution in [0.5, 0.6) is 0 Å². The van der Waals surface area contributed by atoms with E-state index in [1.807, 2.05) is 25.6 Å². The third-order valence-corrected chi connectivity index (χ3v) is 3.55. The standard InChI is InChI=1S/C13H27NO2S/c1-7-16-12(15)13(6,14-10(3)4)9-11(5)17-8-2/h10-11,14H,7-9H2,1-6H3. The van der Waals surface area contributed by atoms with E-state index in [-0.39, 0.29) is 12.0 Å². The zero-order valence-corrected chi connectivity index (χ0v) is 12.8. The van der Waals surface area contributed by atoms with Crippen LogP contribution in [0.25, 0.3) is 0 Å². The third kappa shape index (κ3) is 6.32. The van der Waals surface area contributed by atoms with Crippen LogP contribution in [-0.2, 0) is 9.53 Å². The lowest BCUT2D eigenvalue weighted by molar-refractivity contribution is -0.151. The maximum Gasteiger partial charge on any atom is 0.326 e. The fourth-order valence-electron chi connectivity index (χ4n) is 2.05. The molecule has 0 radical (unpaired) electrons. The van der Waals surface area contributed by atoms with Gasteiger partial charge in [-0.3, -0.25) is 10.1 Å². The van der Waals surface area contributed by atoms with E-state index in [1.165, 1.54) is 0 Å². The maximum absolute atomic E-state index is 12.0. The molecule has 0 aromatic rings. The molecule has 2 unspecified atom stereocenters. The minimum atomic E-state index is -0.578. The van der Waals surface area contributed by atoms with Crippen molar-refractivity contribution < 1.29 is 9.53 Å². The summed E-state index contributed by atoms with van der Waals surface area (Å²) in [4.78, 5) is 12.0. The molecule has 0 bridgehead atoms. The summed E-state index contributed by atoms with van der Waals surface area (Å²) < 4.78 is 5.18. The molecular weight excluding hydrogens is 234 g/mol. The fraction of sp³-hybridized carbons (Fsp3) is 0.923. The fourth-order valence-corrected chi connectivity index (χ4v) is 3.07. The quantitative estimate of drug-likeness (QED) is 0.682. The number of nitrogens with one attached hydrogen (secondary N) is 1. The van der Waals surface area contributed by atoms with Gasteiger partial charge in [0.2, 0.25) is 0 Å². The van der Waals surface area contributed by atoms with E-state index in [9.17, 15) is 4.79 Å². The number of hydrogen-bond acceptors (Lipinski definition) is 4. The summed E-state index contributed by atoms with van der Waals surface area (Å²) in [6, 6.07) is 0.267. The van der Waals surface area contributed by atoms with Crippen molar-refractivity contribution in [1.29, 1.82) is 0 Å². The van der Waals surface area contributed by atoms with Gasteiger partial charge in [0, 0.05) is 11.3 Å². The normalized spacial score (nSPS) is 16.6. The van der Waals surface area contributed by atoms with Crippen LogP contribution in [0.1, 0.15) is 48.0 Å². The molecule has 0 aromatic heterocycles. The minimum Gasteiger partial charge on any atom is -0.465 e. The SMILES string of the molecule is CCOC(=O)C(C)(CC(C)SCC)NC(C)C. The van der Waals surface area contributed by atoms with Gasteiger partial charge in [-0.25, -0.2) is 0 Å². The first-order valence-electron chi connectivity index (χ1n) is 6.42. The van der Waals surface area contributed by atoms with Crippen molar-refractivity contribution in [3.8, 4) is 0 Å². The second-order valence-corrected chi connectivity index (χ2v) is 6.54. The molecule has 17 heavy (non-hydrogen) atoms. The molecule has 4 heteroatoms. The van der Waals surface area contributed by atoms with Crippen LogP contribution in [0.4, 0.5) is 0 Å². The molecule has 3 nitrogen and oxygen atoms in total. The predicted octanol–water partition coefficient (Wildman–Crippen LogP) is 2.84. The second kappa shape index (κ2) is 7.98. The second-order valence-electron chi connectivity index (χ2n) is 4.82. The van der Waals surface area contributed by atoms with E-state index in [0.717, 1.165) is 12.2 Å². The lowest BCUT2D eigenvalue weighted by atomic mass is 9.95. The number of thioether (sulfide) groups is 1. The highest BCUT2D eigenvalue weighted by Crippen LogP contribution is 2.23. The Bertz CT molecular complexity index is 233. The Hall–Kier alpha value is -0.220. The van der Waals surface area contributed by atoms with Crippen LogP contribution in [0.15, 0.2) is 0 Å². The average Bonchev–Trinajstić information content (AvgIpc) is 2.16. The Kier molecular flexibility index (Phi) is 7.88. The average molecular weight is 261 g/mol. The summed E-state index contributed by atoms with van der Waals surface area (Å²) in [6.45, 7) is 12.6. The van der Waals surface area contributed by atoms with E-state index in [2.05, 4.69) is 33.0 Å². The molecule has 0 aliphatic rings. The topological polar surface area (TPSA) is 38.3 Å². The molecule has 0 aromatic carbocycles. The molecule has 0 fully saturated rings. The van der Waals surface area contributed by atoms with E-state index in [0.29, 0.717) is 11.9 Å². The first-order chi connectivity index (χ1) is 7.85. The van der Waals surface area contributed by atoms with Crippen LogP contribution >= 0.6 is 11.8 Å². The molecule has 0 aliphatic heterocycles. The van der Waals surface area contributed by atoms with Gasteiger partial charge in [0.25, 0.3) is 0 Å². The number of ether oxygens (including phenoxy) is 1. The Balaban J connectivity index is 4.65. The van der Waals surface area contributed by atoms with Crippen molar-refractivity contribution in [2.75, 3.05) is 12.4 Å². The van der Waals surface area contributed by atoms with Gasteiger partial charge in [0.15, 0.2) is 0 Å². The summed E-state index contributed by atoms with van der Waals surface area (Å²) in [6.07, 6.45) is 0.794. The highest BCUT2D eigenvalue weighted by Gasteiger charge is 2.36. The summed E-state index contributed by atoms with van der Waals surface area (Å²) in [5.74, 6) is 0.930. The molecule has 0 saturated heterocycles. The number of esters is 1. The van der Waals surface area contributed by atoms with Crippen LogP contribution < -0.4 is 5.32 Å². The van der Waals surface area contributed by atoms with Crippen LogP contribution in [0.3, 0.4) is 0 Å². The highest BCUT2D eigenvalue weighted by atomic mass is 32.2. The smallest absolute Gasteiger partial charge is 0.326 e. The molecule has 1 N–H and O–H groups in total. The van der Waals surface area contributed by atoms with Gasteiger partial charge in [0.1, 0.15) is 5.54 Å². The van der Waals surface area contributed by atoms with E-state index >= 15 is 0 Å². The zero-order valence-electron chi connectivity index (χ0n) is 12.0. The largest absolute Gasteiger partial charge is 0.465 e. The van der Waals surface area contributed by atoms with Gasteiger partial charge in [-0.1, -0.05) is 13.8 Å². The Morgan fingerprint density at radius 1 is 1.35 bits per heavy atom. The molecule has 0 amide bonds. The van der Waals surface area contributed by atoms with Gasteiger partial charge in [-0.2, -0.15) is 11.8 Å². The molecule has 0 aliphatic carbocycles. The van der Waals surface area contributed by atoms with E-state index in [4.69, 9.17) is 4.74 Å². The van der Waals surface area contributed by atoms with Crippen molar-refractivity contribution in [2.45, 2.75) is 64.8 Å². The molecule has 0 rings (SSSR count). The first-order valence-corrected chi connectivity index (χ1v) is 7.47. The lowest BCUT2D eigenvalue weighted by Crippen LogP contribution is -2.54. The van der Waals surface area contributed by atoms with Gasteiger partial charge < -0.3 is 4.74 Å². The lowest BCUT2D eigenvalue weighted by Gasteiger charge is -2.32.